The zero-order valence-corrected chi connectivity index (χ0v) is 9.35. The molecule has 1 aromatic rings. The minimum absolute atomic E-state index is 0.172. The number of carbonyl (C=O) groups is 1. The summed E-state index contributed by atoms with van der Waals surface area (Å²) < 4.78 is 0. The fourth-order valence-corrected chi connectivity index (χ4v) is 2.10. The summed E-state index contributed by atoms with van der Waals surface area (Å²) in [7, 11) is 0. The Hall–Kier alpha value is -1.51. The van der Waals surface area contributed by atoms with Crippen LogP contribution in [0.4, 0.5) is 0 Å². The lowest BCUT2D eigenvalue weighted by molar-refractivity contribution is -0.131. The van der Waals surface area contributed by atoms with Gasteiger partial charge < -0.3 is 10.0 Å². The number of phenols is 1. The number of rotatable bonds is 2. The standard InChI is InChI=1S/C13H17NO2/c15-12-6-4-5-11(9-12)10-13(16)14-7-2-1-3-8-14/h4-6,9,15H,1-3,7-8,10H2. The molecule has 1 saturated heterocycles. The van der Waals surface area contributed by atoms with Gasteiger partial charge in [-0.2, -0.15) is 0 Å². The molecule has 2 rings (SSSR count). The Morgan fingerprint density at radius 2 is 2.00 bits per heavy atom. The Morgan fingerprint density at radius 1 is 1.25 bits per heavy atom. The van der Waals surface area contributed by atoms with E-state index >= 15 is 0 Å². The summed E-state index contributed by atoms with van der Waals surface area (Å²) in [4.78, 5) is 13.8. The number of likely N-dealkylation sites (tertiary alicyclic amines) is 1. The third-order valence-corrected chi connectivity index (χ3v) is 2.97. The van der Waals surface area contributed by atoms with Crippen molar-refractivity contribution >= 4 is 5.91 Å². The van der Waals surface area contributed by atoms with E-state index in [9.17, 15) is 9.90 Å². The van der Waals surface area contributed by atoms with E-state index in [0.717, 1.165) is 31.5 Å². The van der Waals surface area contributed by atoms with E-state index < -0.39 is 0 Å². The lowest BCUT2D eigenvalue weighted by Gasteiger charge is -2.26. The van der Waals surface area contributed by atoms with Crippen molar-refractivity contribution in [3.63, 3.8) is 0 Å². The van der Waals surface area contributed by atoms with Crippen LogP contribution in [0.1, 0.15) is 24.8 Å². The molecule has 1 amide bonds. The monoisotopic (exact) mass is 219 g/mol. The van der Waals surface area contributed by atoms with Gasteiger partial charge in [-0.1, -0.05) is 12.1 Å². The summed E-state index contributed by atoms with van der Waals surface area (Å²) in [6, 6.07) is 6.92. The molecule has 1 aromatic carbocycles. The topological polar surface area (TPSA) is 40.5 Å². The largest absolute Gasteiger partial charge is 0.508 e. The van der Waals surface area contributed by atoms with Crippen LogP contribution in [-0.2, 0) is 11.2 Å². The summed E-state index contributed by atoms with van der Waals surface area (Å²) in [6.45, 7) is 1.77. The van der Waals surface area contributed by atoms with Crippen LogP contribution in [0, 0.1) is 0 Å². The van der Waals surface area contributed by atoms with Gasteiger partial charge in [0.05, 0.1) is 6.42 Å². The van der Waals surface area contributed by atoms with Crippen molar-refractivity contribution in [1.29, 1.82) is 0 Å². The van der Waals surface area contributed by atoms with Crippen LogP contribution in [0.15, 0.2) is 24.3 Å². The zero-order valence-electron chi connectivity index (χ0n) is 9.35. The Labute approximate surface area is 95.7 Å². The van der Waals surface area contributed by atoms with Crippen LogP contribution in [0.25, 0.3) is 0 Å². The van der Waals surface area contributed by atoms with Gasteiger partial charge in [0.1, 0.15) is 5.75 Å². The summed E-state index contributed by atoms with van der Waals surface area (Å²) in [5.74, 6) is 0.397. The maximum absolute atomic E-state index is 11.9. The molecule has 0 radical (unpaired) electrons. The van der Waals surface area contributed by atoms with E-state index in [4.69, 9.17) is 0 Å². The summed E-state index contributed by atoms with van der Waals surface area (Å²) in [6.07, 6.45) is 3.86. The van der Waals surface area contributed by atoms with E-state index in [1.54, 1.807) is 18.2 Å². The van der Waals surface area contributed by atoms with E-state index in [1.165, 1.54) is 6.42 Å². The molecule has 0 unspecified atom stereocenters. The highest BCUT2D eigenvalue weighted by atomic mass is 16.3. The number of carbonyl (C=O) groups excluding carboxylic acids is 1. The molecule has 0 atom stereocenters. The smallest absolute Gasteiger partial charge is 0.226 e. The first kappa shape index (κ1) is 11.0. The normalized spacial score (nSPS) is 16.1. The maximum atomic E-state index is 11.9. The number of hydrogen-bond acceptors (Lipinski definition) is 2. The highest BCUT2D eigenvalue weighted by molar-refractivity contribution is 5.78. The molecule has 0 spiro atoms. The lowest BCUT2D eigenvalue weighted by Crippen LogP contribution is -2.36. The minimum atomic E-state index is 0.172. The number of phenolic OH excluding ortho intramolecular Hbond substituents is 1. The lowest BCUT2D eigenvalue weighted by atomic mass is 10.1. The van der Waals surface area contributed by atoms with Crippen LogP contribution in [0.3, 0.4) is 0 Å². The van der Waals surface area contributed by atoms with E-state index in [2.05, 4.69) is 0 Å². The number of hydrogen-bond donors (Lipinski definition) is 1. The predicted octanol–water partition coefficient (Wildman–Crippen LogP) is 1.95. The molecule has 1 heterocycles. The third kappa shape index (κ3) is 2.75. The Kier molecular flexibility index (Phi) is 3.44. The summed E-state index contributed by atoms with van der Waals surface area (Å²) >= 11 is 0. The molecule has 0 aliphatic carbocycles. The molecular formula is C13H17NO2. The maximum Gasteiger partial charge on any atom is 0.226 e. The molecular weight excluding hydrogens is 202 g/mol. The molecule has 86 valence electrons. The van der Waals surface area contributed by atoms with Crippen LogP contribution in [0.5, 0.6) is 5.75 Å². The molecule has 1 N–H and O–H groups in total. The van der Waals surface area contributed by atoms with E-state index in [0.29, 0.717) is 6.42 Å². The van der Waals surface area contributed by atoms with Gasteiger partial charge in [-0.25, -0.2) is 0 Å². The molecule has 1 fully saturated rings. The first-order chi connectivity index (χ1) is 7.75. The minimum Gasteiger partial charge on any atom is -0.508 e. The van der Waals surface area contributed by atoms with E-state index in [-0.39, 0.29) is 11.7 Å². The van der Waals surface area contributed by atoms with Crippen molar-refractivity contribution in [2.45, 2.75) is 25.7 Å². The van der Waals surface area contributed by atoms with Crippen molar-refractivity contribution in [2.24, 2.45) is 0 Å². The van der Waals surface area contributed by atoms with Crippen molar-refractivity contribution < 1.29 is 9.90 Å². The molecule has 0 aromatic heterocycles. The average Bonchev–Trinajstić information content (AvgIpc) is 2.30. The highest BCUT2D eigenvalue weighted by Crippen LogP contribution is 2.14. The molecule has 3 nitrogen and oxygen atoms in total. The molecule has 0 bridgehead atoms. The number of benzene rings is 1. The van der Waals surface area contributed by atoms with Gasteiger partial charge in [0.15, 0.2) is 0 Å². The average molecular weight is 219 g/mol. The second-order valence-electron chi connectivity index (χ2n) is 4.29. The van der Waals surface area contributed by atoms with E-state index in [1.807, 2.05) is 11.0 Å². The van der Waals surface area contributed by atoms with Gasteiger partial charge in [0.25, 0.3) is 0 Å². The number of piperidine rings is 1. The molecule has 0 saturated carbocycles. The second-order valence-corrected chi connectivity index (χ2v) is 4.29. The summed E-state index contributed by atoms with van der Waals surface area (Å²) in [5.41, 5.74) is 0.885. The Balaban J connectivity index is 1.96. The highest BCUT2D eigenvalue weighted by Gasteiger charge is 2.16. The fourth-order valence-electron chi connectivity index (χ4n) is 2.10. The van der Waals surface area contributed by atoms with Gasteiger partial charge in [0.2, 0.25) is 5.91 Å². The van der Waals surface area contributed by atoms with Gasteiger partial charge in [0, 0.05) is 13.1 Å². The third-order valence-electron chi connectivity index (χ3n) is 2.97. The Morgan fingerprint density at radius 3 is 2.69 bits per heavy atom. The van der Waals surface area contributed by atoms with Crippen molar-refractivity contribution in [3.8, 4) is 5.75 Å². The number of aromatic hydroxyl groups is 1. The molecule has 1 aliphatic heterocycles. The van der Waals surface area contributed by atoms with Crippen LogP contribution < -0.4 is 0 Å². The van der Waals surface area contributed by atoms with Gasteiger partial charge >= 0.3 is 0 Å². The molecule has 3 heteroatoms. The van der Waals surface area contributed by atoms with Crippen LogP contribution in [0.2, 0.25) is 0 Å². The summed E-state index contributed by atoms with van der Waals surface area (Å²) in [5, 5.41) is 9.31. The van der Waals surface area contributed by atoms with Gasteiger partial charge in [-0.15, -0.1) is 0 Å². The van der Waals surface area contributed by atoms with Crippen LogP contribution in [-0.4, -0.2) is 29.0 Å². The molecule has 16 heavy (non-hydrogen) atoms. The molecule has 1 aliphatic rings. The first-order valence-corrected chi connectivity index (χ1v) is 5.81. The number of amides is 1. The van der Waals surface area contributed by atoms with Crippen molar-refractivity contribution in [1.82, 2.24) is 4.90 Å². The van der Waals surface area contributed by atoms with Gasteiger partial charge in [-0.05, 0) is 37.0 Å². The van der Waals surface area contributed by atoms with Crippen LogP contribution >= 0.6 is 0 Å². The number of nitrogens with zero attached hydrogens (tertiary/aromatic N) is 1. The fraction of sp³-hybridized carbons (Fsp3) is 0.462. The van der Waals surface area contributed by atoms with Gasteiger partial charge in [-0.3, -0.25) is 4.79 Å². The van der Waals surface area contributed by atoms with Crippen molar-refractivity contribution in [3.05, 3.63) is 29.8 Å². The van der Waals surface area contributed by atoms with Crippen molar-refractivity contribution in [2.75, 3.05) is 13.1 Å². The SMILES string of the molecule is O=C(Cc1cccc(O)c1)N1CCCCC1. The zero-order chi connectivity index (χ0) is 11.4. The predicted molar refractivity (Wildman–Crippen MR) is 62.2 cm³/mol. The first-order valence-electron chi connectivity index (χ1n) is 5.81. The Bertz CT molecular complexity index is 370. The quantitative estimate of drug-likeness (QED) is 0.825. The second kappa shape index (κ2) is 5.01.